The lowest BCUT2D eigenvalue weighted by Crippen LogP contribution is -2.15. The Balaban J connectivity index is 1.81. The normalized spacial score (nSPS) is 10.4. The van der Waals surface area contributed by atoms with Gasteiger partial charge in [-0.1, -0.05) is 24.3 Å². The number of nitrogens with zero attached hydrogens (tertiary/aromatic N) is 2. The fourth-order valence-electron chi connectivity index (χ4n) is 2.07. The minimum atomic E-state index is -0.0955. The maximum Gasteiger partial charge on any atom is 0.230 e. The number of carbonyl (C=O) groups is 1. The van der Waals surface area contributed by atoms with E-state index in [9.17, 15) is 4.79 Å². The number of carbonyl (C=O) groups excluding carboxylic acids is 1. The van der Waals surface area contributed by atoms with Gasteiger partial charge in [-0.05, 0) is 24.3 Å². The number of hydrogen-bond acceptors (Lipinski definition) is 3. The molecular formula is C16H13N3O. The van der Waals surface area contributed by atoms with Crippen molar-refractivity contribution in [2.75, 3.05) is 5.32 Å². The van der Waals surface area contributed by atoms with E-state index in [0.717, 1.165) is 22.3 Å². The molecule has 0 unspecified atom stereocenters. The molecule has 0 fully saturated rings. The molecule has 0 atom stereocenters. The van der Waals surface area contributed by atoms with Gasteiger partial charge in [-0.15, -0.1) is 0 Å². The highest BCUT2D eigenvalue weighted by atomic mass is 16.1. The highest BCUT2D eigenvalue weighted by Gasteiger charge is 2.07. The van der Waals surface area contributed by atoms with Crippen LogP contribution in [0.2, 0.25) is 0 Å². The molecule has 20 heavy (non-hydrogen) atoms. The van der Waals surface area contributed by atoms with E-state index in [1.807, 2.05) is 48.5 Å². The van der Waals surface area contributed by atoms with E-state index < -0.39 is 0 Å². The Morgan fingerprint density at radius 3 is 2.65 bits per heavy atom. The number of nitrogens with one attached hydrogen (secondary N) is 1. The maximum atomic E-state index is 12.0. The molecule has 0 saturated carbocycles. The number of pyridine rings is 2. The van der Waals surface area contributed by atoms with Gasteiger partial charge in [0.25, 0.3) is 0 Å². The molecule has 1 amide bonds. The fraction of sp³-hybridized carbons (Fsp3) is 0.0625. The van der Waals surface area contributed by atoms with Gasteiger partial charge in [0, 0.05) is 23.5 Å². The zero-order valence-corrected chi connectivity index (χ0v) is 10.8. The molecule has 0 bridgehead atoms. The summed E-state index contributed by atoms with van der Waals surface area (Å²) in [6.07, 6.45) is 3.66. The zero-order valence-electron chi connectivity index (χ0n) is 10.8. The van der Waals surface area contributed by atoms with Crippen LogP contribution < -0.4 is 5.32 Å². The maximum absolute atomic E-state index is 12.0. The second-order valence-electron chi connectivity index (χ2n) is 4.43. The molecule has 3 aromatic rings. The first-order valence-electron chi connectivity index (χ1n) is 6.36. The first-order chi connectivity index (χ1) is 9.83. The Morgan fingerprint density at radius 2 is 1.80 bits per heavy atom. The second-order valence-corrected chi connectivity index (χ2v) is 4.43. The summed E-state index contributed by atoms with van der Waals surface area (Å²) in [5, 5.41) is 3.89. The van der Waals surface area contributed by atoms with Crippen LogP contribution in [-0.2, 0) is 11.2 Å². The van der Waals surface area contributed by atoms with Crippen LogP contribution >= 0.6 is 0 Å². The number of benzene rings is 1. The van der Waals surface area contributed by atoms with E-state index in [0.29, 0.717) is 0 Å². The number of aromatic nitrogens is 2. The summed E-state index contributed by atoms with van der Waals surface area (Å²) in [6.45, 7) is 0. The number of hydrogen-bond donors (Lipinski definition) is 1. The Morgan fingerprint density at radius 1 is 0.950 bits per heavy atom. The summed E-state index contributed by atoms with van der Waals surface area (Å²) in [5.41, 5.74) is 2.27. The van der Waals surface area contributed by atoms with Crippen LogP contribution in [-0.4, -0.2) is 15.9 Å². The highest BCUT2D eigenvalue weighted by molar-refractivity contribution is 6.00. The molecule has 0 radical (unpaired) electrons. The van der Waals surface area contributed by atoms with Crippen LogP contribution in [0.15, 0.2) is 60.9 Å². The summed E-state index contributed by atoms with van der Waals surface area (Å²) in [4.78, 5) is 20.5. The van der Waals surface area contributed by atoms with Gasteiger partial charge in [0.2, 0.25) is 5.91 Å². The van der Waals surface area contributed by atoms with E-state index in [4.69, 9.17) is 0 Å². The largest absolute Gasteiger partial charge is 0.324 e. The monoisotopic (exact) mass is 263 g/mol. The zero-order chi connectivity index (χ0) is 13.8. The van der Waals surface area contributed by atoms with Crippen molar-refractivity contribution in [3.05, 3.63) is 66.6 Å². The summed E-state index contributed by atoms with van der Waals surface area (Å²) in [7, 11) is 0. The molecule has 4 nitrogen and oxygen atoms in total. The van der Waals surface area contributed by atoms with E-state index in [-0.39, 0.29) is 12.3 Å². The van der Waals surface area contributed by atoms with Crippen LogP contribution in [0.1, 0.15) is 5.69 Å². The van der Waals surface area contributed by atoms with Crippen LogP contribution in [0.4, 0.5) is 5.69 Å². The lowest BCUT2D eigenvalue weighted by atomic mass is 10.2. The van der Waals surface area contributed by atoms with Crippen LogP contribution in [0.5, 0.6) is 0 Å². The van der Waals surface area contributed by atoms with Gasteiger partial charge in [0.15, 0.2) is 0 Å². The van der Waals surface area contributed by atoms with Crippen molar-refractivity contribution < 1.29 is 4.79 Å². The van der Waals surface area contributed by atoms with Crippen molar-refractivity contribution in [3.8, 4) is 0 Å². The molecule has 4 heteroatoms. The van der Waals surface area contributed by atoms with Gasteiger partial charge in [0.05, 0.1) is 17.6 Å². The summed E-state index contributed by atoms with van der Waals surface area (Å²) >= 11 is 0. The van der Waals surface area contributed by atoms with Gasteiger partial charge >= 0.3 is 0 Å². The van der Waals surface area contributed by atoms with E-state index >= 15 is 0 Å². The third-order valence-electron chi connectivity index (χ3n) is 2.97. The summed E-state index contributed by atoms with van der Waals surface area (Å²) in [5.74, 6) is -0.0955. The topological polar surface area (TPSA) is 54.9 Å². The Kier molecular flexibility index (Phi) is 3.37. The van der Waals surface area contributed by atoms with Gasteiger partial charge in [-0.25, -0.2) is 0 Å². The molecule has 0 aliphatic heterocycles. The minimum Gasteiger partial charge on any atom is -0.324 e. The van der Waals surface area contributed by atoms with Crippen LogP contribution in [0, 0.1) is 0 Å². The van der Waals surface area contributed by atoms with Gasteiger partial charge in [-0.2, -0.15) is 0 Å². The van der Waals surface area contributed by atoms with Crippen LogP contribution in [0.3, 0.4) is 0 Å². The molecule has 1 aromatic carbocycles. The summed E-state index contributed by atoms with van der Waals surface area (Å²) in [6, 6.07) is 15.1. The standard InChI is InChI=1S/C16H13N3O/c20-15(11-13-7-1-2-9-17-13)19-14-8-3-5-12-6-4-10-18-16(12)14/h1-10H,11H2,(H,19,20). The van der Waals surface area contributed by atoms with Crippen molar-refractivity contribution >= 4 is 22.5 Å². The number of para-hydroxylation sites is 1. The first-order valence-corrected chi connectivity index (χ1v) is 6.36. The lowest BCUT2D eigenvalue weighted by molar-refractivity contribution is -0.115. The molecule has 3 rings (SSSR count). The van der Waals surface area contributed by atoms with Gasteiger partial charge in [0.1, 0.15) is 0 Å². The summed E-state index contributed by atoms with van der Waals surface area (Å²) < 4.78 is 0. The first kappa shape index (κ1) is 12.3. The van der Waals surface area contributed by atoms with Crippen molar-refractivity contribution in [3.63, 3.8) is 0 Å². The second kappa shape index (κ2) is 5.48. The van der Waals surface area contributed by atoms with Crippen molar-refractivity contribution in [2.24, 2.45) is 0 Å². The Hall–Kier alpha value is -2.75. The van der Waals surface area contributed by atoms with Gasteiger partial charge in [-0.3, -0.25) is 14.8 Å². The van der Waals surface area contributed by atoms with Crippen molar-refractivity contribution in [2.45, 2.75) is 6.42 Å². The predicted octanol–water partition coefficient (Wildman–Crippen LogP) is 2.81. The number of rotatable bonds is 3. The van der Waals surface area contributed by atoms with Crippen molar-refractivity contribution in [1.82, 2.24) is 9.97 Å². The van der Waals surface area contributed by atoms with Gasteiger partial charge < -0.3 is 5.32 Å². The minimum absolute atomic E-state index is 0.0955. The SMILES string of the molecule is O=C(Cc1ccccn1)Nc1cccc2cccnc12. The molecule has 0 saturated heterocycles. The van der Waals surface area contributed by atoms with E-state index in [1.54, 1.807) is 12.4 Å². The lowest BCUT2D eigenvalue weighted by Gasteiger charge is -2.07. The molecular weight excluding hydrogens is 250 g/mol. The van der Waals surface area contributed by atoms with Crippen LogP contribution in [0.25, 0.3) is 10.9 Å². The molecule has 1 N–H and O–H groups in total. The third kappa shape index (κ3) is 2.64. The molecule has 98 valence electrons. The fourth-order valence-corrected chi connectivity index (χ4v) is 2.07. The molecule has 2 heterocycles. The highest BCUT2D eigenvalue weighted by Crippen LogP contribution is 2.20. The number of fused-ring (bicyclic) bond motifs is 1. The molecule has 0 aliphatic carbocycles. The van der Waals surface area contributed by atoms with E-state index in [2.05, 4.69) is 15.3 Å². The number of amides is 1. The third-order valence-corrected chi connectivity index (χ3v) is 2.97. The Labute approximate surface area is 116 Å². The predicted molar refractivity (Wildman–Crippen MR) is 78.3 cm³/mol. The van der Waals surface area contributed by atoms with E-state index in [1.165, 1.54) is 0 Å². The molecule has 2 aromatic heterocycles. The van der Waals surface area contributed by atoms with Crippen molar-refractivity contribution in [1.29, 1.82) is 0 Å². The molecule has 0 aliphatic rings. The number of anilines is 1. The average molecular weight is 263 g/mol. The smallest absolute Gasteiger partial charge is 0.230 e. The molecule has 0 spiro atoms. The Bertz CT molecular complexity index is 736. The quantitative estimate of drug-likeness (QED) is 0.790. The average Bonchev–Trinajstić information content (AvgIpc) is 2.48.